The van der Waals surface area contributed by atoms with Gasteiger partial charge in [0.05, 0.1) is 11.4 Å². The van der Waals surface area contributed by atoms with Crippen molar-refractivity contribution in [2.24, 2.45) is 0 Å². The molecule has 2 rings (SSSR count). The Morgan fingerprint density at radius 3 is 2.75 bits per heavy atom. The minimum atomic E-state index is -0.907. The summed E-state index contributed by atoms with van der Waals surface area (Å²) in [6.07, 6.45) is 0. The summed E-state index contributed by atoms with van der Waals surface area (Å²) in [4.78, 5) is 24.7. The summed E-state index contributed by atoms with van der Waals surface area (Å²) < 4.78 is 0. The molecule has 5 nitrogen and oxygen atoms in total. The third-order valence-electron chi connectivity index (χ3n) is 2.78. The average Bonchev–Trinajstić information content (AvgIpc) is 2.84. The van der Waals surface area contributed by atoms with Crippen molar-refractivity contribution in [2.75, 3.05) is 17.4 Å². The van der Waals surface area contributed by atoms with E-state index in [1.165, 1.54) is 16.7 Å². The first-order valence-electron chi connectivity index (χ1n) is 5.09. The lowest BCUT2D eigenvalue weighted by molar-refractivity contribution is -0.149. The van der Waals surface area contributed by atoms with Gasteiger partial charge < -0.3 is 10.0 Å². The quantitative estimate of drug-likeness (QED) is 0.731. The highest BCUT2D eigenvalue weighted by atomic mass is 32.2. The van der Waals surface area contributed by atoms with Crippen LogP contribution in [0.3, 0.4) is 0 Å². The molecule has 7 heteroatoms. The maximum absolute atomic E-state index is 12.1. The van der Waals surface area contributed by atoms with Crippen molar-refractivity contribution in [3.63, 3.8) is 0 Å². The van der Waals surface area contributed by atoms with E-state index in [2.05, 4.69) is 5.32 Å². The van der Waals surface area contributed by atoms with E-state index < -0.39 is 12.0 Å². The van der Waals surface area contributed by atoms with Crippen molar-refractivity contribution in [3.8, 4) is 0 Å². The minimum Gasteiger partial charge on any atom is -0.480 e. The maximum atomic E-state index is 12.1. The van der Waals surface area contributed by atoms with Crippen LogP contribution in [0.2, 0.25) is 0 Å². The molecule has 0 aromatic rings. The monoisotopic (exact) mass is 262 g/mol. The van der Waals surface area contributed by atoms with Crippen LogP contribution < -0.4 is 5.32 Å². The van der Waals surface area contributed by atoms with Crippen LogP contribution in [0, 0.1) is 0 Å². The molecule has 2 aliphatic rings. The van der Waals surface area contributed by atoms with Gasteiger partial charge in [0.2, 0.25) is 5.91 Å². The van der Waals surface area contributed by atoms with Crippen molar-refractivity contribution in [1.29, 1.82) is 0 Å². The SMILES string of the molecule is CC1SCC(C(=O)O)N1C(=O)C1CSCN1. The molecule has 0 radical (unpaired) electrons. The van der Waals surface area contributed by atoms with E-state index in [9.17, 15) is 9.59 Å². The summed E-state index contributed by atoms with van der Waals surface area (Å²) >= 11 is 3.19. The molecule has 0 aromatic heterocycles. The molecule has 3 unspecified atom stereocenters. The van der Waals surface area contributed by atoms with Gasteiger partial charge in [-0.15, -0.1) is 23.5 Å². The molecule has 2 N–H and O–H groups in total. The second-order valence-corrected chi connectivity index (χ2v) is 6.18. The standard InChI is InChI=1S/C9H14N2O3S2/c1-5-11(7(3-16-5)9(13)14)8(12)6-2-15-4-10-6/h5-7,10H,2-4H2,1H3,(H,13,14). The zero-order valence-electron chi connectivity index (χ0n) is 8.88. The van der Waals surface area contributed by atoms with Gasteiger partial charge in [0.1, 0.15) is 6.04 Å². The van der Waals surface area contributed by atoms with Crippen LogP contribution in [-0.4, -0.2) is 56.7 Å². The fourth-order valence-corrected chi connectivity index (χ4v) is 4.01. The van der Waals surface area contributed by atoms with Crippen LogP contribution in [-0.2, 0) is 9.59 Å². The third kappa shape index (κ3) is 2.16. The van der Waals surface area contributed by atoms with E-state index in [0.717, 1.165) is 11.6 Å². The van der Waals surface area contributed by atoms with Crippen LogP contribution in [0.5, 0.6) is 0 Å². The number of nitrogens with one attached hydrogen (secondary N) is 1. The van der Waals surface area contributed by atoms with Crippen LogP contribution in [0.1, 0.15) is 6.92 Å². The molecule has 2 fully saturated rings. The Morgan fingerprint density at radius 2 is 2.19 bits per heavy atom. The van der Waals surface area contributed by atoms with Crippen LogP contribution in [0.15, 0.2) is 0 Å². The van der Waals surface area contributed by atoms with Crippen LogP contribution in [0.25, 0.3) is 0 Å². The molecule has 0 aromatic carbocycles. The molecule has 1 amide bonds. The molecule has 2 saturated heterocycles. The number of thioether (sulfide) groups is 2. The van der Waals surface area contributed by atoms with Gasteiger partial charge in [0, 0.05) is 17.4 Å². The van der Waals surface area contributed by atoms with Crippen molar-refractivity contribution >= 4 is 35.4 Å². The molecule has 2 aliphatic heterocycles. The number of nitrogens with zero attached hydrogens (tertiary/aromatic N) is 1. The lowest BCUT2D eigenvalue weighted by Crippen LogP contribution is -2.52. The Kier molecular flexibility index (Phi) is 3.66. The Hall–Kier alpha value is -0.400. The van der Waals surface area contributed by atoms with Crippen LogP contribution >= 0.6 is 23.5 Å². The number of carboxylic acids is 1. The lowest BCUT2D eigenvalue weighted by Gasteiger charge is -2.27. The number of carbonyl (C=O) groups excluding carboxylic acids is 1. The van der Waals surface area contributed by atoms with Crippen molar-refractivity contribution in [3.05, 3.63) is 0 Å². The fraction of sp³-hybridized carbons (Fsp3) is 0.778. The van der Waals surface area contributed by atoms with Gasteiger partial charge in [-0.25, -0.2) is 4.79 Å². The highest BCUT2D eigenvalue weighted by Crippen LogP contribution is 2.30. The Balaban J connectivity index is 2.10. The second kappa shape index (κ2) is 4.85. The van der Waals surface area contributed by atoms with Gasteiger partial charge in [-0.3, -0.25) is 10.1 Å². The molecule has 0 spiro atoms. The summed E-state index contributed by atoms with van der Waals surface area (Å²) in [5, 5.41) is 12.1. The molecule has 2 heterocycles. The van der Waals surface area contributed by atoms with Gasteiger partial charge in [-0.1, -0.05) is 0 Å². The van der Waals surface area contributed by atoms with E-state index in [1.54, 1.807) is 11.8 Å². The number of hydrogen-bond donors (Lipinski definition) is 2. The van der Waals surface area contributed by atoms with Crippen molar-refractivity contribution in [2.45, 2.75) is 24.4 Å². The van der Waals surface area contributed by atoms with E-state index in [0.29, 0.717) is 5.75 Å². The minimum absolute atomic E-state index is 0.0407. The summed E-state index contributed by atoms with van der Waals surface area (Å²) in [7, 11) is 0. The molecular weight excluding hydrogens is 248 g/mol. The number of carbonyl (C=O) groups is 2. The first-order valence-corrected chi connectivity index (χ1v) is 7.29. The number of carboxylic acid groups (broad SMARTS) is 1. The molecule has 0 bridgehead atoms. The van der Waals surface area contributed by atoms with Gasteiger partial charge in [0.25, 0.3) is 0 Å². The highest BCUT2D eigenvalue weighted by molar-refractivity contribution is 8.00. The topological polar surface area (TPSA) is 69.6 Å². The smallest absolute Gasteiger partial charge is 0.327 e. The van der Waals surface area contributed by atoms with E-state index in [-0.39, 0.29) is 17.3 Å². The second-order valence-electron chi connectivity index (χ2n) is 3.80. The molecule has 16 heavy (non-hydrogen) atoms. The van der Waals surface area contributed by atoms with Gasteiger partial charge >= 0.3 is 5.97 Å². The lowest BCUT2D eigenvalue weighted by atomic mass is 10.2. The fourth-order valence-electron chi connectivity index (χ4n) is 1.90. The highest BCUT2D eigenvalue weighted by Gasteiger charge is 2.42. The first kappa shape index (κ1) is 12.1. The molecule has 3 atom stereocenters. The Bertz CT molecular complexity index is 307. The predicted molar refractivity (Wildman–Crippen MR) is 64.4 cm³/mol. The molecule has 0 saturated carbocycles. The summed E-state index contributed by atoms with van der Waals surface area (Å²) in [6.45, 7) is 1.88. The number of aliphatic carboxylic acids is 1. The number of amides is 1. The Labute approximate surface area is 102 Å². The first-order chi connectivity index (χ1) is 7.61. The Morgan fingerprint density at radius 1 is 1.44 bits per heavy atom. The van der Waals surface area contributed by atoms with E-state index in [1.807, 2.05) is 6.92 Å². The normalized spacial score (nSPS) is 34.3. The summed E-state index contributed by atoms with van der Waals surface area (Å²) in [5.74, 6) is 1.01. The average molecular weight is 262 g/mol. The number of hydrogen-bond acceptors (Lipinski definition) is 5. The van der Waals surface area contributed by atoms with Crippen molar-refractivity contribution < 1.29 is 14.7 Å². The summed E-state index contributed by atoms with van der Waals surface area (Å²) in [5.41, 5.74) is 0. The van der Waals surface area contributed by atoms with Gasteiger partial charge in [-0.2, -0.15) is 0 Å². The molecule has 0 aliphatic carbocycles. The van der Waals surface area contributed by atoms with Crippen LogP contribution in [0.4, 0.5) is 0 Å². The van der Waals surface area contributed by atoms with E-state index in [4.69, 9.17) is 5.11 Å². The van der Waals surface area contributed by atoms with Gasteiger partial charge in [0.15, 0.2) is 0 Å². The van der Waals surface area contributed by atoms with E-state index >= 15 is 0 Å². The maximum Gasteiger partial charge on any atom is 0.327 e. The third-order valence-corrected chi connectivity index (χ3v) is 4.93. The van der Waals surface area contributed by atoms with Crippen molar-refractivity contribution in [1.82, 2.24) is 10.2 Å². The largest absolute Gasteiger partial charge is 0.480 e. The molecular formula is C9H14N2O3S2. The predicted octanol–water partition coefficient (Wildman–Crippen LogP) is 0.0235. The van der Waals surface area contributed by atoms with Gasteiger partial charge in [-0.05, 0) is 6.92 Å². The zero-order chi connectivity index (χ0) is 11.7. The number of rotatable bonds is 2. The summed E-state index contributed by atoms with van der Waals surface area (Å²) in [6, 6.07) is -0.882. The zero-order valence-corrected chi connectivity index (χ0v) is 10.5. The molecule has 90 valence electrons.